The van der Waals surface area contributed by atoms with Gasteiger partial charge in [-0.15, -0.1) is 0 Å². The molecular weight excluding hydrogens is 372 g/mol. The highest BCUT2D eigenvalue weighted by molar-refractivity contribution is 6.24. The number of amides is 1. The number of benzene rings is 2. The van der Waals surface area contributed by atoms with Gasteiger partial charge in [0.2, 0.25) is 0 Å². The van der Waals surface area contributed by atoms with Crippen molar-refractivity contribution in [2.24, 2.45) is 0 Å². The molecular formula is C22H20N2O5. The van der Waals surface area contributed by atoms with Crippen LogP contribution < -0.4 is 4.90 Å². The largest absolute Gasteiger partial charge is 0.462 e. The highest BCUT2D eigenvalue weighted by atomic mass is 16.6. The van der Waals surface area contributed by atoms with Crippen molar-refractivity contribution in [2.75, 3.05) is 11.5 Å². The summed E-state index contributed by atoms with van der Waals surface area (Å²) >= 11 is 0. The first-order chi connectivity index (χ1) is 13.8. The Bertz CT molecular complexity index is 1050. The number of nitrogens with zero attached hydrogens (tertiary/aromatic N) is 2. The molecule has 0 spiro atoms. The Morgan fingerprint density at radius 2 is 1.79 bits per heavy atom. The van der Waals surface area contributed by atoms with Crippen LogP contribution in [0.15, 0.2) is 65.4 Å². The van der Waals surface area contributed by atoms with E-state index in [1.54, 1.807) is 38.1 Å². The van der Waals surface area contributed by atoms with E-state index in [1.807, 2.05) is 19.1 Å². The van der Waals surface area contributed by atoms with Crippen LogP contribution >= 0.6 is 0 Å². The summed E-state index contributed by atoms with van der Waals surface area (Å²) in [5, 5.41) is 11.4. The minimum Gasteiger partial charge on any atom is -0.462 e. The van der Waals surface area contributed by atoms with Crippen molar-refractivity contribution < 1.29 is 19.2 Å². The third-order valence-electron chi connectivity index (χ3n) is 4.61. The molecule has 0 N–H and O–H groups in total. The summed E-state index contributed by atoms with van der Waals surface area (Å²) in [4.78, 5) is 38.1. The number of nitro benzene ring substituents is 1. The Balaban J connectivity index is 2.17. The highest BCUT2D eigenvalue weighted by Crippen LogP contribution is 2.36. The average molecular weight is 392 g/mol. The number of allylic oxidation sites excluding steroid dienone is 1. The zero-order chi connectivity index (χ0) is 21.1. The molecule has 1 aliphatic rings. The van der Waals surface area contributed by atoms with Crippen LogP contribution in [0.2, 0.25) is 0 Å². The number of esters is 1. The number of nitro groups is 1. The fourth-order valence-corrected chi connectivity index (χ4v) is 3.22. The van der Waals surface area contributed by atoms with Gasteiger partial charge in [-0.2, -0.15) is 0 Å². The van der Waals surface area contributed by atoms with Crippen LogP contribution in [-0.4, -0.2) is 23.4 Å². The summed E-state index contributed by atoms with van der Waals surface area (Å²) in [7, 11) is 0. The van der Waals surface area contributed by atoms with Crippen LogP contribution in [0.25, 0.3) is 6.08 Å². The highest BCUT2D eigenvalue weighted by Gasteiger charge is 2.38. The van der Waals surface area contributed by atoms with Crippen molar-refractivity contribution in [3.63, 3.8) is 0 Å². The Hall–Kier alpha value is -3.74. The van der Waals surface area contributed by atoms with Crippen molar-refractivity contribution in [1.82, 2.24) is 0 Å². The lowest BCUT2D eigenvalue weighted by molar-refractivity contribution is -0.385. The molecule has 0 saturated carbocycles. The van der Waals surface area contributed by atoms with E-state index < -0.39 is 16.8 Å². The normalized spacial score (nSPS) is 15.2. The molecule has 0 saturated heterocycles. The molecule has 1 aliphatic heterocycles. The number of hydrogen-bond donors (Lipinski definition) is 0. The van der Waals surface area contributed by atoms with Crippen molar-refractivity contribution in [3.05, 3.63) is 86.6 Å². The first-order valence-electron chi connectivity index (χ1n) is 9.09. The second-order valence-electron chi connectivity index (χ2n) is 6.53. The summed E-state index contributed by atoms with van der Waals surface area (Å²) in [6, 6.07) is 13.4. The number of carbonyl (C=O) groups is 2. The topological polar surface area (TPSA) is 89.8 Å². The molecule has 7 heteroatoms. The quantitative estimate of drug-likeness (QED) is 0.330. The van der Waals surface area contributed by atoms with E-state index in [0.717, 1.165) is 5.56 Å². The van der Waals surface area contributed by atoms with E-state index in [-0.39, 0.29) is 29.0 Å². The van der Waals surface area contributed by atoms with Crippen molar-refractivity contribution in [1.29, 1.82) is 0 Å². The Kier molecular flexibility index (Phi) is 5.59. The summed E-state index contributed by atoms with van der Waals surface area (Å²) in [5.41, 5.74) is 2.31. The number of rotatable bonds is 5. The number of carbonyl (C=O) groups excluding carboxylic acids is 2. The minimum absolute atomic E-state index is 0.0656. The van der Waals surface area contributed by atoms with Crippen LogP contribution in [0.4, 0.5) is 11.4 Å². The molecule has 2 aromatic rings. The lowest BCUT2D eigenvalue weighted by Crippen LogP contribution is -2.24. The molecule has 0 unspecified atom stereocenters. The second kappa shape index (κ2) is 8.10. The first-order valence-corrected chi connectivity index (χ1v) is 9.09. The number of aryl methyl sites for hydroxylation is 1. The predicted molar refractivity (Wildman–Crippen MR) is 109 cm³/mol. The van der Waals surface area contributed by atoms with Crippen LogP contribution in [0.3, 0.4) is 0 Å². The molecule has 0 fully saturated rings. The van der Waals surface area contributed by atoms with Gasteiger partial charge in [0.25, 0.3) is 11.6 Å². The van der Waals surface area contributed by atoms with Crippen LogP contribution in [0.5, 0.6) is 0 Å². The molecule has 7 nitrogen and oxygen atoms in total. The molecule has 0 atom stereocenters. The maximum absolute atomic E-state index is 13.2. The molecule has 0 bridgehead atoms. The lowest BCUT2D eigenvalue weighted by atomic mass is 10.0. The Morgan fingerprint density at radius 1 is 1.14 bits per heavy atom. The Morgan fingerprint density at radius 3 is 2.41 bits per heavy atom. The average Bonchev–Trinajstić information content (AvgIpc) is 2.93. The first kappa shape index (κ1) is 20.0. The van der Waals surface area contributed by atoms with Crippen LogP contribution in [0, 0.1) is 17.0 Å². The molecule has 0 aromatic heterocycles. The standard InChI is InChI=1S/C22H20N2O5/c1-4-29-22(26)20-15(3)23(17-11-9-14(2)10-12-17)21(25)18(20)13-16-7-5-6-8-19(16)24(27)28/h5-13H,4H2,1-3H3/b18-13-. The van der Waals surface area contributed by atoms with Gasteiger partial charge in [-0.1, -0.05) is 29.8 Å². The third-order valence-corrected chi connectivity index (χ3v) is 4.61. The maximum Gasteiger partial charge on any atom is 0.340 e. The summed E-state index contributed by atoms with van der Waals surface area (Å²) < 4.78 is 5.14. The lowest BCUT2D eigenvalue weighted by Gasteiger charge is -2.18. The second-order valence-corrected chi connectivity index (χ2v) is 6.53. The predicted octanol–water partition coefficient (Wildman–Crippen LogP) is 4.17. The molecule has 0 aliphatic carbocycles. The molecule has 1 heterocycles. The van der Waals surface area contributed by atoms with E-state index in [4.69, 9.17) is 4.74 Å². The molecule has 1 amide bonds. The van der Waals surface area contributed by atoms with Gasteiger partial charge < -0.3 is 4.74 Å². The number of para-hydroxylation sites is 1. The summed E-state index contributed by atoms with van der Waals surface area (Å²) in [6.07, 6.45) is 1.38. The van der Waals surface area contributed by atoms with Crippen LogP contribution in [0.1, 0.15) is 25.0 Å². The van der Waals surface area contributed by atoms with Gasteiger partial charge in [0.05, 0.1) is 28.2 Å². The molecule has 3 rings (SSSR count). The van der Waals surface area contributed by atoms with Crippen LogP contribution in [-0.2, 0) is 14.3 Å². The van der Waals surface area contributed by atoms with Crippen molar-refractivity contribution in [2.45, 2.75) is 20.8 Å². The van der Waals surface area contributed by atoms with E-state index >= 15 is 0 Å². The fourth-order valence-electron chi connectivity index (χ4n) is 3.22. The smallest absolute Gasteiger partial charge is 0.340 e. The third kappa shape index (κ3) is 3.80. The van der Waals surface area contributed by atoms with Crippen molar-refractivity contribution in [3.8, 4) is 0 Å². The van der Waals surface area contributed by atoms with Gasteiger partial charge in [0, 0.05) is 17.5 Å². The van der Waals surface area contributed by atoms with Crippen molar-refractivity contribution >= 4 is 29.3 Å². The van der Waals surface area contributed by atoms with Gasteiger partial charge in [0.1, 0.15) is 0 Å². The number of ether oxygens (including phenoxy) is 1. The van der Waals surface area contributed by atoms with Gasteiger partial charge in [-0.25, -0.2) is 4.79 Å². The summed E-state index contributed by atoms with van der Waals surface area (Å²) in [6.45, 7) is 5.41. The molecule has 148 valence electrons. The summed E-state index contributed by atoms with van der Waals surface area (Å²) in [5.74, 6) is -1.08. The van der Waals surface area contributed by atoms with Gasteiger partial charge >= 0.3 is 5.97 Å². The zero-order valence-corrected chi connectivity index (χ0v) is 16.3. The monoisotopic (exact) mass is 392 g/mol. The molecule has 29 heavy (non-hydrogen) atoms. The van der Waals surface area contributed by atoms with Gasteiger partial charge in [-0.3, -0.25) is 19.8 Å². The molecule has 2 aromatic carbocycles. The van der Waals surface area contributed by atoms with Gasteiger partial charge in [-0.05, 0) is 45.0 Å². The van der Waals surface area contributed by atoms with E-state index in [1.165, 1.54) is 23.1 Å². The minimum atomic E-state index is -0.641. The maximum atomic E-state index is 13.2. The number of anilines is 1. The zero-order valence-electron chi connectivity index (χ0n) is 16.3. The SMILES string of the molecule is CCOC(=O)C1=C(C)N(c2ccc(C)cc2)C(=O)/C1=C\c1ccccc1[N+](=O)[O-]. The van der Waals surface area contributed by atoms with E-state index in [2.05, 4.69) is 0 Å². The van der Waals surface area contributed by atoms with E-state index in [0.29, 0.717) is 11.4 Å². The Labute approximate surface area is 168 Å². The molecule has 0 radical (unpaired) electrons. The van der Waals surface area contributed by atoms with E-state index in [9.17, 15) is 19.7 Å². The van der Waals surface area contributed by atoms with Gasteiger partial charge in [0.15, 0.2) is 0 Å². The fraction of sp³-hybridized carbons (Fsp3) is 0.182. The number of hydrogen-bond acceptors (Lipinski definition) is 5.